The Labute approximate surface area is 243 Å². The highest BCUT2D eigenvalue weighted by Gasteiger charge is 2.21. The zero-order chi connectivity index (χ0) is 29.0. The standard InChI is InChI=1S/C27H37ClFN7O5/c28-21-8-7-20(15-22(21)29)40-17-23(38)30-10-9-19(37)16-31-24(39)18-41-27-33-25(35-11-3-1-4-12-35)32-26(34-27)36-13-5-2-6-14-36/h7-8,15,19,37H,1-6,9-14,16-18H2,(H,30,38)(H,31,39)/t19-/m0/s1. The Kier molecular flexibility index (Phi) is 11.6. The van der Waals surface area contributed by atoms with Crippen LogP contribution < -0.4 is 29.9 Å². The number of halogens is 2. The van der Waals surface area contributed by atoms with Gasteiger partial charge in [0.15, 0.2) is 13.2 Å². The predicted octanol–water partition coefficient (Wildman–Crippen LogP) is 2.09. The van der Waals surface area contributed by atoms with Gasteiger partial charge in [-0.2, -0.15) is 15.0 Å². The van der Waals surface area contributed by atoms with E-state index >= 15 is 0 Å². The second-order valence-corrected chi connectivity index (χ2v) is 10.5. The zero-order valence-electron chi connectivity index (χ0n) is 23.0. The van der Waals surface area contributed by atoms with Gasteiger partial charge in [-0.1, -0.05) is 11.6 Å². The molecule has 0 spiro atoms. The van der Waals surface area contributed by atoms with E-state index in [4.69, 9.17) is 26.1 Å². The van der Waals surface area contributed by atoms with Crippen LogP contribution in [0.25, 0.3) is 0 Å². The Morgan fingerprint density at radius 1 is 0.902 bits per heavy atom. The number of aliphatic hydroxyl groups excluding tert-OH is 1. The van der Waals surface area contributed by atoms with Gasteiger partial charge in [-0.3, -0.25) is 9.59 Å². The number of hydrogen-bond donors (Lipinski definition) is 3. The minimum Gasteiger partial charge on any atom is -0.484 e. The molecule has 2 saturated heterocycles. The maximum atomic E-state index is 13.4. The number of nitrogens with zero attached hydrogens (tertiary/aromatic N) is 5. The fraction of sp³-hybridized carbons (Fsp3) is 0.593. The highest BCUT2D eigenvalue weighted by atomic mass is 35.5. The van der Waals surface area contributed by atoms with E-state index in [1.807, 2.05) is 0 Å². The van der Waals surface area contributed by atoms with Crippen molar-refractivity contribution in [1.82, 2.24) is 25.6 Å². The third-order valence-corrected chi connectivity index (χ3v) is 7.10. The minimum absolute atomic E-state index is 0.0200. The van der Waals surface area contributed by atoms with Crippen molar-refractivity contribution in [2.75, 3.05) is 62.3 Å². The number of amides is 2. The van der Waals surface area contributed by atoms with Gasteiger partial charge < -0.3 is 35.0 Å². The Morgan fingerprint density at radius 3 is 2.10 bits per heavy atom. The van der Waals surface area contributed by atoms with Gasteiger partial charge in [0, 0.05) is 45.3 Å². The molecule has 2 aliphatic rings. The number of carbonyl (C=O) groups excluding carboxylic acids is 2. The lowest BCUT2D eigenvalue weighted by atomic mass is 10.1. The van der Waals surface area contributed by atoms with Crippen LogP contribution in [0.1, 0.15) is 44.9 Å². The molecule has 0 radical (unpaired) electrons. The van der Waals surface area contributed by atoms with Gasteiger partial charge in [0.05, 0.1) is 11.1 Å². The first kappa shape index (κ1) is 30.5. The predicted molar refractivity (Wildman–Crippen MR) is 151 cm³/mol. The van der Waals surface area contributed by atoms with Crippen LogP contribution in [0.15, 0.2) is 18.2 Å². The monoisotopic (exact) mass is 593 g/mol. The van der Waals surface area contributed by atoms with Crippen LogP contribution in [0.3, 0.4) is 0 Å². The molecule has 0 bridgehead atoms. The quantitative estimate of drug-likeness (QED) is 0.316. The number of aliphatic hydroxyl groups is 1. The molecule has 3 heterocycles. The van der Waals surface area contributed by atoms with Crippen LogP contribution in [-0.4, -0.2) is 90.5 Å². The van der Waals surface area contributed by atoms with Crippen molar-refractivity contribution in [1.29, 1.82) is 0 Å². The van der Waals surface area contributed by atoms with E-state index in [-0.39, 0.29) is 49.5 Å². The first-order valence-corrected chi connectivity index (χ1v) is 14.4. The molecule has 1 aromatic heterocycles. The molecule has 0 saturated carbocycles. The van der Waals surface area contributed by atoms with Crippen molar-refractivity contribution in [2.45, 2.75) is 51.0 Å². The minimum atomic E-state index is -0.890. The maximum Gasteiger partial charge on any atom is 0.323 e. The SMILES string of the molecule is O=C(COc1ccc(Cl)c(F)c1)NCC[C@H](O)CNC(=O)COc1nc(N2CCCCC2)nc(N2CCCCC2)n1. The fourth-order valence-electron chi connectivity index (χ4n) is 4.53. The lowest BCUT2D eigenvalue weighted by Gasteiger charge is -2.30. The number of nitrogens with one attached hydrogen (secondary N) is 2. The van der Waals surface area contributed by atoms with Crippen LogP contribution in [0.2, 0.25) is 5.02 Å². The van der Waals surface area contributed by atoms with Crippen LogP contribution in [-0.2, 0) is 9.59 Å². The molecule has 2 fully saturated rings. The Morgan fingerprint density at radius 2 is 1.49 bits per heavy atom. The van der Waals surface area contributed by atoms with E-state index < -0.39 is 23.7 Å². The van der Waals surface area contributed by atoms with E-state index in [9.17, 15) is 19.1 Å². The molecule has 4 rings (SSSR count). The van der Waals surface area contributed by atoms with Crippen molar-refractivity contribution in [2.24, 2.45) is 0 Å². The van der Waals surface area contributed by atoms with Crippen molar-refractivity contribution in [3.63, 3.8) is 0 Å². The maximum absolute atomic E-state index is 13.4. The van der Waals surface area contributed by atoms with Gasteiger partial charge in [-0.05, 0) is 57.1 Å². The number of carbonyl (C=O) groups is 2. The van der Waals surface area contributed by atoms with Gasteiger partial charge in [0.1, 0.15) is 11.6 Å². The molecule has 41 heavy (non-hydrogen) atoms. The molecule has 14 heteroatoms. The number of hydrogen-bond acceptors (Lipinski definition) is 10. The molecule has 2 aromatic rings. The normalized spacial score (nSPS) is 16.2. The highest BCUT2D eigenvalue weighted by molar-refractivity contribution is 6.30. The molecule has 12 nitrogen and oxygen atoms in total. The number of aromatic nitrogens is 3. The lowest BCUT2D eigenvalue weighted by molar-refractivity contribution is -0.124. The molecule has 0 unspecified atom stereocenters. The summed E-state index contributed by atoms with van der Waals surface area (Å²) in [6, 6.07) is 3.98. The van der Waals surface area contributed by atoms with Gasteiger partial charge in [0.25, 0.3) is 11.8 Å². The molecule has 224 valence electrons. The number of rotatable bonds is 13. The number of piperidine rings is 2. The molecule has 2 aliphatic heterocycles. The number of ether oxygens (including phenoxy) is 2. The molecule has 3 N–H and O–H groups in total. The number of benzene rings is 1. The van der Waals surface area contributed by atoms with Crippen molar-refractivity contribution in [3.8, 4) is 11.8 Å². The second-order valence-electron chi connectivity index (χ2n) is 10.1. The van der Waals surface area contributed by atoms with E-state index in [2.05, 4.69) is 30.4 Å². The summed E-state index contributed by atoms with van der Waals surface area (Å²) in [4.78, 5) is 42.2. The Balaban J connectivity index is 1.17. The average molecular weight is 594 g/mol. The first-order valence-electron chi connectivity index (χ1n) is 14.1. The van der Waals surface area contributed by atoms with Gasteiger partial charge in [-0.25, -0.2) is 4.39 Å². The second kappa shape index (κ2) is 15.5. The van der Waals surface area contributed by atoms with E-state index in [0.29, 0.717) is 11.9 Å². The molecule has 2 amide bonds. The molecular weight excluding hydrogens is 557 g/mol. The summed E-state index contributed by atoms with van der Waals surface area (Å²) < 4.78 is 24.3. The average Bonchev–Trinajstić information content (AvgIpc) is 3.00. The van der Waals surface area contributed by atoms with Crippen molar-refractivity contribution < 1.29 is 28.6 Å². The third kappa shape index (κ3) is 9.85. The fourth-order valence-corrected chi connectivity index (χ4v) is 4.65. The van der Waals surface area contributed by atoms with Crippen LogP contribution >= 0.6 is 11.6 Å². The summed E-state index contributed by atoms with van der Waals surface area (Å²) in [5.74, 6) is -0.198. The Hall–Kier alpha value is -3.45. The highest BCUT2D eigenvalue weighted by Crippen LogP contribution is 2.23. The smallest absolute Gasteiger partial charge is 0.323 e. The van der Waals surface area contributed by atoms with Gasteiger partial charge >= 0.3 is 6.01 Å². The summed E-state index contributed by atoms with van der Waals surface area (Å²) in [6.45, 7) is 3.00. The van der Waals surface area contributed by atoms with Gasteiger partial charge in [0.2, 0.25) is 11.9 Å². The largest absolute Gasteiger partial charge is 0.484 e. The topological polar surface area (TPSA) is 142 Å². The summed E-state index contributed by atoms with van der Waals surface area (Å²) in [7, 11) is 0. The summed E-state index contributed by atoms with van der Waals surface area (Å²) in [6.07, 6.45) is 5.99. The summed E-state index contributed by atoms with van der Waals surface area (Å²) >= 11 is 5.62. The first-order chi connectivity index (χ1) is 19.9. The molecule has 1 atom stereocenters. The lowest BCUT2D eigenvalue weighted by Crippen LogP contribution is -2.38. The third-order valence-electron chi connectivity index (χ3n) is 6.80. The van der Waals surface area contributed by atoms with Crippen molar-refractivity contribution in [3.05, 3.63) is 29.0 Å². The van der Waals surface area contributed by atoms with Crippen LogP contribution in [0.5, 0.6) is 11.8 Å². The van der Waals surface area contributed by atoms with Crippen LogP contribution in [0.4, 0.5) is 16.3 Å². The van der Waals surface area contributed by atoms with E-state index in [1.54, 1.807) is 0 Å². The van der Waals surface area contributed by atoms with Crippen LogP contribution in [0, 0.1) is 5.82 Å². The Bertz CT molecular complexity index is 1130. The van der Waals surface area contributed by atoms with E-state index in [0.717, 1.165) is 57.9 Å². The summed E-state index contributed by atoms with van der Waals surface area (Å²) in [5, 5.41) is 15.4. The van der Waals surface area contributed by atoms with Gasteiger partial charge in [-0.15, -0.1) is 0 Å². The molecule has 1 aromatic carbocycles. The molecular formula is C27H37ClFN7O5. The summed E-state index contributed by atoms with van der Waals surface area (Å²) in [5.41, 5.74) is 0. The number of anilines is 2. The van der Waals surface area contributed by atoms with E-state index in [1.165, 1.54) is 25.0 Å². The van der Waals surface area contributed by atoms with Crippen molar-refractivity contribution >= 4 is 35.3 Å². The zero-order valence-corrected chi connectivity index (χ0v) is 23.7. The molecule has 0 aliphatic carbocycles.